The third-order valence-electron chi connectivity index (χ3n) is 3.25. The highest BCUT2D eigenvalue weighted by Gasteiger charge is 2.17. The van der Waals surface area contributed by atoms with Gasteiger partial charge in [0.2, 0.25) is 0 Å². The topological polar surface area (TPSA) is 37.3 Å². The van der Waals surface area contributed by atoms with Crippen LogP contribution in [-0.2, 0) is 0 Å². The van der Waals surface area contributed by atoms with Gasteiger partial charge in [-0.25, -0.2) is 0 Å². The van der Waals surface area contributed by atoms with Gasteiger partial charge in [0.15, 0.2) is 5.78 Å². The van der Waals surface area contributed by atoms with E-state index in [9.17, 15) is 9.90 Å². The largest absolute Gasteiger partial charge is 0.507 e. The van der Waals surface area contributed by atoms with Crippen molar-refractivity contribution in [2.45, 2.75) is 32.6 Å². The zero-order valence-electron chi connectivity index (χ0n) is 11.6. The minimum absolute atomic E-state index is 0.00498. The van der Waals surface area contributed by atoms with Crippen LogP contribution in [0.1, 0.15) is 43.0 Å². The summed E-state index contributed by atoms with van der Waals surface area (Å²) >= 11 is 0. The second-order valence-corrected chi connectivity index (χ2v) is 4.90. The fourth-order valence-electron chi connectivity index (χ4n) is 1.93. The van der Waals surface area contributed by atoms with E-state index in [4.69, 9.17) is 0 Å². The van der Waals surface area contributed by atoms with Gasteiger partial charge in [0.1, 0.15) is 5.75 Å². The minimum Gasteiger partial charge on any atom is -0.507 e. The highest BCUT2D eigenvalue weighted by molar-refractivity contribution is 5.99. The van der Waals surface area contributed by atoms with E-state index in [0.717, 1.165) is 31.3 Å². The lowest BCUT2D eigenvalue weighted by atomic mass is 9.92. The molecular weight excluding hydrogens is 236 g/mol. The number of rotatable bonds is 8. The van der Waals surface area contributed by atoms with Crippen LogP contribution in [0.5, 0.6) is 5.75 Å². The Kier molecular flexibility index (Phi) is 6.07. The molecule has 0 saturated carbocycles. The SMILES string of the molecule is C=CCCC(=C)CCC(C)C(=O)c1ccccc1O. The molecule has 0 aliphatic carbocycles. The second-order valence-electron chi connectivity index (χ2n) is 4.90. The van der Waals surface area contributed by atoms with E-state index in [1.165, 1.54) is 0 Å². The standard InChI is InChI=1S/C17H22O2/c1-4-5-8-13(2)11-12-14(3)17(19)15-9-6-7-10-16(15)18/h4,6-7,9-10,14,18H,1-2,5,8,11-12H2,3H3. The summed E-state index contributed by atoms with van der Waals surface area (Å²) < 4.78 is 0. The summed E-state index contributed by atoms with van der Waals surface area (Å²) in [6.45, 7) is 9.59. The fraction of sp³-hybridized carbons (Fsp3) is 0.353. The second kappa shape index (κ2) is 7.57. The van der Waals surface area contributed by atoms with E-state index in [1.54, 1.807) is 24.3 Å². The van der Waals surface area contributed by atoms with Crippen molar-refractivity contribution < 1.29 is 9.90 Å². The van der Waals surface area contributed by atoms with Crippen molar-refractivity contribution >= 4 is 5.78 Å². The fourth-order valence-corrected chi connectivity index (χ4v) is 1.93. The van der Waals surface area contributed by atoms with E-state index < -0.39 is 0 Å². The number of benzene rings is 1. The van der Waals surface area contributed by atoms with Crippen LogP contribution in [0.25, 0.3) is 0 Å². The number of hydrogen-bond acceptors (Lipinski definition) is 2. The highest BCUT2D eigenvalue weighted by Crippen LogP contribution is 2.23. The van der Waals surface area contributed by atoms with Gasteiger partial charge in [0.25, 0.3) is 0 Å². The maximum absolute atomic E-state index is 12.2. The van der Waals surface area contributed by atoms with Gasteiger partial charge in [-0.15, -0.1) is 6.58 Å². The summed E-state index contributed by atoms with van der Waals surface area (Å²) in [6, 6.07) is 6.69. The summed E-state index contributed by atoms with van der Waals surface area (Å²) in [5.41, 5.74) is 1.56. The predicted octanol–water partition coefficient (Wildman–Crippen LogP) is 4.51. The van der Waals surface area contributed by atoms with Gasteiger partial charge in [-0.05, 0) is 37.8 Å². The van der Waals surface area contributed by atoms with E-state index in [-0.39, 0.29) is 17.5 Å². The van der Waals surface area contributed by atoms with E-state index >= 15 is 0 Å². The van der Waals surface area contributed by atoms with Crippen molar-refractivity contribution in [1.82, 2.24) is 0 Å². The zero-order valence-corrected chi connectivity index (χ0v) is 11.6. The van der Waals surface area contributed by atoms with Crippen LogP contribution in [0, 0.1) is 5.92 Å². The van der Waals surface area contributed by atoms with Gasteiger partial charge in [-0.1, -0.05) is 37.3 Å². The quantitative estimate of drug-likeness (QED) is 0.550. The van der Waals surface area contributed by atoms with Crippen LogP contribution in [-0.4, -0.2) is 10.9 Å². The lowest BCUT2D eigenvalue weighted by molar-refractivity contribution is 0.0921. The number of Topliss-reactive ketones (excluding diaryl/α,β-unsaturated/α-hetero) is 1. The third-order valence-corrected chi connectivity index (χ3v) is 3.25. The molecule has 0 aliphatic heterocycles. The van der Waals surface area contributed by atoms with Crippen LogP contribution in [0.2, 0.25) is 0 Å². The Morgan fingerprint density at radius 3 is 2.68 bits per heavy atom. The lowest BCUT2D eigenvalue weighted by Gasteiger charge is -2.12. The van der Waals surface area contributed by atoms with Crippen LogP contribution in [0.15, 0.2) is 49.1 Å². The third kappa shape index (κ3) is 4.74. The number of carbonyl (C=O) groups excluding carboxylic acids is 1. The van der Waals surface area contributed by atoms with Crippen molar-refractivity contribution in [3.8, 4) is 5.75 Å². The number of allylic oxidation sites excluding steroid dienone is 2. The zero-order chi connectivity index (χ0) is 14.3. The molecule has 1 N–H and O–H groups in total. The van der Waals surface area contributed by atoms with Crippen LogP contribution in [0.4, 0.5) is 0 Å². The Hall–Kier alpha value is -1.83. The van der Waals surface area contributed by atoms with Crippen LogP contribution < -0.4 is 0 Å². The molecule has 0 radical (unpaired) electrons. The molecule has 0 aromatic heterocycles. The van der Waals surface area contributed by atoms with Gasteiger partial charge in [0.05, 0.1) is 5.56 Å². The highest BCUT2D eigenvalue weighted by atomic mass is 16.3. The van der Waals surface area contributed by atoms with Gasteiger partial charge in [-0.2, -0.15) is 0 Å². The predicted molar refractivity (Wildman–Crippen MR) is 79.4 cm³/mol. The van der Waals surface area contributed by atoms with E-state index in [0.29, 0.717) is 5.56 Å². The maximum Gasteiger partial charge on any atom is 0.169 e. The summed E-state index contributed by atoms with van der Waals surface area (Å²) in [6.07, 6.45) is 5.35. The monoisotopic (exact) mass is 258 g/mol. The molecule has 1 aromatic carbocycles. The smallest absolute Gasteiger partial charge is 0.169 e. The molecule has 0 bridgehead atoms. The molecule has 0 aliphatic rings. The first-order chi connectivity index (χ1) is 9.06. The Labute approximate surface area is 115 Å². The maximum atomic E-state index is 12.2. The molecule has 0 amide bonds. The molecule has 0 spiro atoms. The Balaban J connectivity index is 2.52. The summed E-state index contributed by atoms with van der Waals surface area (Å²) in [5, 5.41) is 9.67. The molecule has 1 unspecified atom stereocenters. The Morgan fingerprint density at radius 2 is 2.05 bits per heavy atom. The Bertz CT molecular complexity index is 460. The first-order valence-corrected chi connectivity index (χ1v) is 6.66. The average Bonchev–Trinajstić information content (AvgIpc) is 2.42. The first kappa shape index (κ1) is 15.2. The molecule has 2 heteroatoms. The number of hydrogen-bond donors (Lipinski definition) is 1. The van der Waals surface area contributed by atoms with Crippen molar-refractivity contribution in [3.05, 3.63) is 54.6 Å². The molecule has 0 heterocycles. The Morgan fingerprint density at radius 1 is 1.37 bits per heavy atom. The molecule has 0 fully saturated rings. The summed E-state index contributed by atoms with van der Waals surface area (Å²) in [7, 11) is 0. The van der Waals surface area contributed by atoms with E-state index in [1.807, 2.05) is 13.0 Å². The molecule has 19 heavy (non-hydrogen) atoms. The lowest BCUT2D eigenvalue weighted by Crippen LogP contribution is -2.11. The number of ketones is 1. The van der Waals surface area contributed by atoms with E-state index in [2.05, 4.69) is 13.2 Å². The van der Waals surface area contributed by atoms with Crippen molar-refractivity contribution in [3.63, 3.8) is 0 Å². The van der Waals surface area contributed by atoms with Gasteiger partial charge < -0.3 is 5.11 Å². The van der Waals surface area contributed by atoms with Gasteiger partial charge in [-0.3, -0.25) is 4.79 Å². The summed E-state index contributed by atoms with van der Waals surface area (Å²) in [5.74, 6) is -0.0479. The van der Waals surface area contributed by atoms with Crippen molar-refractivity contribution in [2.75, 3.05) is 0 Å². The van der Waals surface area contributed by atoms with Gasteiger partial charge >= 0.3 is 0 Å². The van der Waals surface area contributed by atoms with Crippen LogP contribution >= 0.6 is 0 Å². The number of phenols is 1. The molecule has 1 atom stereocenters. The van der Waals surface area contributed by atoms with Crippen LogP contribution in [0.3, 0.4) is 0 Å². The number of para-hydroxylation sites is 1. The molecule has 0 saturated heterocycles. The van der Waals surface area contributed by atoms with Gasteiger partial charge in [0, 0.05) is 5.92 Å². The first-order valence-electron chi connectivity index (χ1n) is 6.66. The van der Waals surface area contributed by atoms with Crippen molar-refractivity contribution in [2.24, 2.45) is 5.92 Å². The number of aromatic hydroxyl groups is 1. The summed E-state index contributed by atoms with van der Waals surface area (Å²) in [4.78, 5) is 12.2. The molecule has 1 aromatic rings. The average molecular weight is 258 g/mol. The number of phenolic OH excluding ortho intramolecular Hbond substituents is 1. The number of carbonyl (C=O) groups is 1. The minimum atomic E-state index is -0.103. The molecule has 1 rings (SSSR count). The molecule has 102 valence electrons. The van der Waals surface area contributed by atoms with Crippen molar-refractivity contribution in [1.29, 1.82) is 0 Å². The normalized spacial score (nSPS) is 11.8. The molecular formula is C17H22O2. The molecule has 2 nitrogen and oxygen atoms in total.